The molecule has 0 bridgehead atoms. The van der Waals surface area contributed by atoms with E-state index in [2.05, 4.69) is 16.9 Å². The Bertz CT molecular complexity index is 326. The van der Waals surface area contributed by atoms with Crippen LogP contribution in [-0.2, 0) is 0 Å². The third-order valence-electron chi connectivity index (χ3n) is 2.73. The van der Waals surface area contributed by atoms with E-state index in [1.165, 1.54) is 19.3 Å². The van der Waals surface area contributed by atoms with E-state index in [1.54, 1.807) is 12.3 Å². The van der Waals surface area contributed by atoms with Crippen molar-refractivity contribution in [1.82, 2.24) is 9.97 Å². The van der Waals surface area contributed by atoms with Crippen LogP contribution in [0.25, 0.3) is 0 Å². The normalized spacial score (nSPS) is 18.7. The Morgan fingerprint density at radius 1 is 1.57 bits per heavy atom. The van der Waals surface area contributed by atoms with E-state index >= 15 is 0 Å². The number of aromatic nitrogens is 2. The molecule has 1 aromatic heterocycles. The molecule has 1 saturated carbocycles. The quantitative estimate of drug-likeness (QED) is 0.723. The van der Waals surface area contributed by atoms with Gasteiger partial charge < -0.3 is 4.74 Å². The van der Waals surface area contributed by atoms with Gasteiger partial charge in [0.15, 0.2) is 0 Å². The van der Waals surface area contributed by atoms with Crippen molar-refractivity contribution < 1.29 is 4.74 Å². The highest BCUT2D eigenvalue weighted by atomic mass is 35.5. The van der Waals surface area contributed by atoms with Crippen molar-refractivity contribution in [2.24, 2.45) is 5.41 Å². The van der Waals surface area contributed by atoms with E-state index < -0.39 is 0 Å². The topological polar surface area (TPSA) is 35.0 Å². The Kier molecular flexibility index (Phi) is 2.59. The Balaban J connectivity index is 1.91. The van der Waals surface area contributed by atoms with Crippen molar-refractivity contribution in [3.63, 3.8) is 0 Å². The van der Waals surface area contributed by atoms with Gasteiger partial charge in [-0.15, -0.1) is 0 Å². The van der Waals surface area contributed by atoms with E-state index in [0.717, 1.165) is 6.61 Å². The number of hydrogen-bond acceptors (Lipinski definition) is 3. The minimum Gasteiger partial charge on any atom is -0.477 e. The molecule has 76 valence electrons. The first-order chi connectivity index (χ1) is 6.68. The van der Waals surface area contributed by atoms with E-state index in [0.29, 0.717) is 11.3 Å². The predicted molar refractivity (Wildman–Crippen MR) is 54.5 cm³/mol. The summed E-state index contributed by atoms with van der Waals surface area (Å²) in [6.07, 6.45) is 5.40. The van der Waals surface area contributed by atoms with Gasteiger partial charge in [-0.1, -0.05) is 13.3 Å². The second-order valence-electron chi connectivity index (χ2n) is 4.12. The molecule has 0 unspecified atom stereocenters. The molecular weight excluding hydrogens is 200 g/mol. The smallest absolute Gasteiger partial charge is 0.225 e. The summed E-state index contributed by atoms with van der Waals surface area (Å²) in [7, 11) is 0. The van der Waals surface area contributed by atoms with Crippen molar-refractivity contribution in [3.05, 3.63) is 17.5 Å². The van der Waals surface area contributed by atoms with E-state index in [1.807, 2.05) is 0 Å². The van der Waals surface area contributed by atoms with Gasteiger partial charge in [0, 0.05) is 17.7 Å². The first-order valence-corrected chi connectivity index (χ1v) is 5.17. The Morgan fingerprint density at radius 2 is 2.36 bits per heavy atom. The summed E-state index contributed by atoms with van der Waals surface area (Å²) in [4.78, 5) is 7.76. The van der Waals surface area contributed by atoms with Gasteiger partial charge in [0.1, 0.15) is 0 Å². The lowest BCUT2D eigenvalue weighted by Crippen LogP contribution is -2.32. The molecule has 0 aliphatic heterocycles. The summed E-state index contributed by atoms with van der Waals surface area (Å²) >= 11 is 5.64. The molecule has 0 saturated heterocycles. The molecule has 3 nitrogen and oxygen atoms in total. The van der Waals surface area contributed by atoms with Crippen LogP contribution in [0.2, 0.25) is 5.28 Å². The number of rotatable bonds is 3. The lowest BCUT2D eigenvalue weighted by Gasteiger charge is -2.37. The van der Waals surface area contributed by atoms with Gasteiger partial charge >= 0.3 is 0 Å². The second-order valence-corrected chi connectivity index (χ2v) is 4.45. The van der Waals surface area contributed by atoms with Crippen molar-refractivity contribution in [2.75, 3.05) is 6.61 Å². The van der Waals surface area contributed by atoms with Crippen molar-refractivity contribution in [3.8, 4) is 5.88 Å². The molecule has 0 spiro atoms. The lowest BCUT2D eigenvalue weighted by molar-refractivity contribution is 0.0748. The molecule has 0 aromatic carbocycles. The van der Waals surface area contributed by atoms with E-state index in [9.17, 15) is 0 Å². The van der Waals surface area contributed by atoms with Gasteiger partial charge in [0.05, 0.1) is 6.61 Å². The van der Waals surface area contributed by atoms with Gasteiger partial charge in [-0.2, -0.15) is 4.98 Å². The van der Waals surface area contributed by atoms with Gasteiger partial charge in [-0.05, 0) is 24.4 Å². The van der Waals surface area contributed by atoms with Crippen LogP contribution >= 0.6 is 11.6 Å². The minimum atomic E-state index is 0.237. The summed E-state index contributed by atoms with van der Waals surface area (Å²) in [6, 6.07) is 1.73. The zero-order valence-electron chi connectivity index (χ0n) is 8.16. The SMILES string of the molecule is CC1(COc2ccnc(Cl)n2)CCC1. The third-order valence-corrected chi connectivity index (χ3v) is 2.91. The Morgan fingerprint density at radius 3 is 2.93 bits per heavy atom. The molecule has 14 heavy (non-hydrogen) atoms. The maximum Gasteiger partial charge on any atom is 0.225 e. The molecule has 0 N–H and O–H groups in total. The largest absolute Gasteiger partial charge is 0.477 e. The average molecular weight is 213 g/mol. The fraction of sp³-hybridized carbons (Fsp3) is 0.600. The molecule has 1 aromatic rings. The van der Waals surface area contributed by atoms with Crippen LogP contribution in [0.4, 0.5) is 0 Å². The van der Waals surface area contributed by atoms with Crippen LogP contribution in [0.3, 0.4) is 0 Å². The van der Waals surface area contributed by atoms with Crippen LogP contribution in [0.15, 0.2) is 12.3 Å². The summed E-state index contributed by atoms with van der Waals surface area (Å²) in [6.45, 7) is 2.96. The summed E-state index contributed by atoms with van der Waals surface area (Å²) in [5, 5.41) is 0.237. The van der Waals surface area contributed by atoms with Crippen LogP contribution in [0.1, 0.15) is 26.2 Å². The maximum atomic E-state index is 5.64. The first kappa shape index (κ1) is 9.71. The number of hydrogen-bond donors (Lipinski definition) is 0. The van der Waals surface area contributed by atoms with Crippen molar-refractivity contribution in [2.45, 2.75) is 26.2 Å². The zero-order chi connectivity index (χ0) is 10.0. The molecule has 0 atom stereocenters. The molecular formula is C10H13ClN2O. The van der Waals surface area contributed by atoms with Gasteiger partial charge in [-0.25, -0.2) is 4.98 Å². The van der Waals surface area contributed by atoms with Crippen LogP contribution < -0.4 is 4.74 Å². The van der Waals surface area contributed by atoms with Gasteiger partial charge in [-0.3, -0.25) is 0 Å². The second kappa shape index (κ2) is 3.73. The summed E-state index contributed by atoms with van der Waals surface area (Å²) in [5.41, 5.74) is 0.345. The number of ether oxygens (including phenoxy) is 1. The summed E-state index contributed by atoms with van der Waals surface area (Å²) < 4.78 is 5.56. The fourth-order valence-electron chi connectivity index (χ4n) is 1.57. The number of nitrogens with zero attached hydrogens (tertiary/aromatic N) is 2. The number of halogens is 1. The molecule has 1 aliphatic rings. The molecule has 0 radical (unpaired) electrons. The molecule has 1 heterocycles. The predicted octanol–water partition coefficient (Wildman–Crippen LogP) is 2.70. The van der Waals surface area contributed by atoms with E-state index in [-0.39, 0.29) is 5.28 Å². The Labute approximate surface area is 88.5 Å². The highest BCUT2D eigenvalue weighted by molar-refractivity contribution is 6.28. The highest BCUT2D eigenvalue weighted by Gasteiger charge is 2.32. The molecule has 4 heteroatoms. The minimum absolute atomic E-state index is 0.237. The van der Waals surface area contributed by atoms with Crippen LogP contribution in [0, 0.1) is 5.41 Å². The highest BCUT2D eigenvalue weighted by Crippen LogP contribution is 2.40. The first-order valence-electron chi connectivity index (χ1n) is 4.79. The molecule has 2 rings (SSSR count). The van der Waals surface area contributed by atoms with Crippen LogP contribution in [0.5, 0.6) is 5.88 Å². The fourth-order valence-corrected chi connectivity index (χ4v) is 1.71. The standard InChI is InChI=1S/C10H13ClN2O/c1-10(4-2-5-10)7-14-8-3-6-12-9(11)13-8/h3,6H,2,4-5,7H2,1H3. The Hall–Kier alpha value is -0.830. The summed E-state index contributed by atoms with van der Waals surface area (Å²) in [5.74, 6) is 0.568. The van der Waals surface area contributed by atoms with Crippen LogP contribution in [-0.4, -0.2) is 16.6 Å². The van der Waals surface area contributed by atoms with Crippen molar-refractivity contribution >= 4 is 11.6 Å². The maximum absolute atomic E-state index is 5.64. The third kappa shape index (κ3) is 2.15. The lowest BCUT2D eigenvalue weighted by atomic mass is 9.71. The zero-order valence-corrected chi connectivity index (χ0v) is 8.92. The van der Waals surface area contributed by atoms with E-state index in [4.69, 9.17) is 16.3 Å². The molecule has 0 amide bonds. The molecule has 1 aliphatic carbocycles. The van der Waals surface area contributed by atoms with Gasteiger partial charge in [0.25, 0.3) is 0 Å². The molecule has 1 fully saturated rings. The van der Waals surface area contributed by atoms with Gasteiger partial charge in [0.2, 0.25) is 11.2 Å². The average Bonchev–Trinajstić information content (AvgIpc) is 2.12. The van der Waals surface area contributed by atoms with Crippen molar-refractivity contribution in [1.29, 1.82) is 0 Å². The monoisotopic (exact) mass is 212 g/mol.